The average Bonchev–Trinajstić information content (AvgIpc) is 2.73. The molecular weight excluding hydrogens is 242 g/mol. The molecule has 1 heterocycles. The molecule has 0 aliphatic heterocycles. The van der Waals surface area contributed by atoms with Gasteiger partial charge in [-0.15, -0.1) is 0 Å². The van der Waals surface area contributed by atoms with Gasteiger partial charge in [-0.1, -0.05) is 0 Å². The summed E-state index contributed by atoms with van der Waals surface area (Å²) >= 11 is 0. The first-order valence-electron chi connectivity index (χ1n) is 6.49. The highest BCUT2D eigenvalue weighted by Gasteiger charge is 2.11. The molecule has 0 saturated carbocycles. The minimum absolute atomic E-state index is 0.155. The van der Waals surface area contributed by atoms with Crippen molar-refractivity contribution in [2.45, 2.75) is 40.0 Å². The summed E-state index contributed by atoms with van der Waals surface area (Å²) in [4.78, 5) is 11.1. The van der Waals surface area contributed by atoms with E-state index in [9.17, 15) is 4.79 Å². The van der Waals surface area contributed by atoms with E-state index in [1.165, 1.54) is 0 Å². The predicted molar refractivity (Wildman–Crippen MR) is 74.5 cm³/mol. The number of aryl methyl sites for hydroxylation is 1. The number of carboxylic acid groups (broad SMARTS) is 1. The number of aromatic nitrogens is 1. The maximum atomic E-state index is 11.1. The summed E-state index contributed by atoms with van der Waals surface area (Å²) in [5.41, 5.74) is 2.40. The van der Waals surface area contributed by atoms with E-state index in [1.54, 1.807) is 12.1 Å². The third kappa shape index (κ3) is 2.79. The van der Waals surface area contributed by atoms with Crippen LogP contribution in [0.3, 0.4) is 0 Å². The van der Waals surface area contributed by atoms with Crippen LogP contribution in [0.5, 0.6) is 0 Å². The molecule has 2 aromatic rings. The molecule has 0 unspecified atom stereocenters. The number of hydrogen-bond donors (Lipinski definition) is 1. The van der Waals surface area contributed by atoms with Crippen molar-refractivity contribution in [3.05, 3.63) is 35.5 Å². The van der Waals surface area contributed by atoms with Crippen LogP contribution in [0.4, 0.5) is 0 Å². The van der Waals surface area contributed by atoms with E-state index in [-0.39, 0.29) is 6.10 Å². The third-order valence-corrected chi connectivity index (χ3v) is 3.12. The first kappa shape index (κ1) is 13.6. The van der Waals surface area contributed by atoms with Crippen molar-refractivity contribution < 1.29 is 14.6 Å². The number of benzene rings is 1. The zero-order valence-corrected chi connectivity index (χ0v) is 11.5. The number of carboxylic acids is 1. The lowest BCUT2D eigenvalue weighted by atomic mass is 10.1. The predicted octanol–water partition coefficient (Wildman–Crippen LogP) is 3.28. The van der Waals surface area contributed by atoms with Gasteiger partial charge in [-0.25, -0.2) is 4.79 Å². The van der Waals surface area contributed by atoms with Gasteiger partial charge in [0, 0.05) is 29.2 Å². The van der Waals surface area contributed by atoms with Gasteiger partial charge in [0.05, 0.1) is 18.3 Å². The van der Waals surface area contributed by atoms with Crippen molar-refractivity contribution in [1.29, 1.82) is 0 Å². The molecule has 2 rings (SSSR count). The van der Waals surface area contributed by atoms with E-state index in [0.29, 0.717) is 12.2 Å². The molecule has 0 amide bonds. The molecule has 1 N–H and O–H groups in total. The van der Waals surface area contributed by atoms with Gasteiger partial charge in [0.25, 0.3) is 0 Å². The zero-order chi connectivity index (χ0) is 14.0. The van der Waals surface area contributed by atoms with Crippen LogP contribution in [0.15, 0.2) is 24.4 Å². The van der Waals surface area contributed by atoms with Gasteiger partial charge in [0.2, 0.25) is 0 Å². The molecule has 19 heavy (non-hydrogen) atoms. The number of nitrogens with zero attached hydrogens (tertiary/aromatic N) is 1. The van der Waals surface area contributed by atoms with Gasteiger partial charge < -0.3 is 14.4 Å². The van der Waals surface area contributed by atoms with Crippen LogP contribution >= 0.6 is 0 Å². The van der Waals surface area contributed by atoms with Crippen LogP contribution < -0.4 is 0 Å². The quantitative estimate of drug-likeness (QED) is 0.898. The number of aromatic carboxylic acids is 1. The Morgan fingerprint density at radius 2 is 2.16 bits per heavy atom. The van der Waals surface area contributed by atoms with Crippen LogP contribution in [0, 0.1) is 0 Å². The van der Waals surface area contributed by atoms with Crippen LogP contribution in [0.1, 0.15) is 36.7 Å². The van der Waals surface area contributed by atoms with Crippen LogP contribution in [-0.4, -0.2) is 21.7 Å². The van der Waals surface area contributed by atoms with Gasteiger partial charge in [0.15, 0.2) is 0 Å². The Morgan fingerprint density at radius 1 is 1.42 bits per heavy atom. The Balaban J connectivity index is 2.49. The molecule has 4 heteroatoms. The maximum absolute atomic E-state index is 11.1. The van der Waals surface area contributed by atoms with E-state index in [2.05, 4.69) is 11.5 Å². The highest BCUT2D eigenvalue weighted by atomic mass is 16.5. The summed E-state index contributed by atoms with van der Waals surface area (Å²) in [5.74, 6) is -0.901. The fourth-order valence-corrected chi connectivity index (χ4v) is 2.14. The second-order valence-corrected chi connectivity index (χ2v) is 4.84. The Morgan fingerprint density at radius 3 is 2.74 bits per heavy atom. The van der Waals surface area contributed by atoms with Crippen molar-refractivity contribution in [2.24, 2.45) is 0 Å². The van der Waals surface area contributed by atoms with Crippen LogP contribution in [-0.2, 0) is 17.9 Å². The lowest BCUT2D eigenvalue weighted by Crippen LogP contribution is -2.02. The largest absolute Gasteiger partial charge is 0.478 e. The Kier molecular flexibility index (Phi) is 3.90. The second kappa shape index (κ2) is 5.45. The Labute approximate surface area is 112 Å². The minimum atomic E-state index is -0.901. The molecule has 102 valence electrons. The van der Waals surface area contributed by atoms with Crippen molar-refractivity contribution in [2.75, 3.05) is 0 Å². The van der Waals surface area contributed by atoms with Gasteiger partial charge in [-0.05, 0) is 39.0 Å². The molecule has 0 saturated heterocycles. The lowest BCUT2D eigenvalue weighted by molar-refractivity contribution is 0.0661. The van der Waals surface area contributed by atoms with E-state index < -0.39 is 5.97 Å². The molecule has 0 radical (unpaired) electrons. The first-order valence-corrected chi connectivity index (χ1v) is 6.49. The van der Waals surface area contributed by atoms with Gasteiger partial charge in [-0.2, -0.15) is 0 Å². The standard InChI is InChI=1S/C15H19NO3/c1-4-16-8-12(9-19-10(2)3)13-7-11(15(17)18)5-6-14(13)16/h5-8,10H,4,9H2,1-3H3,(H,17,18). The summed E-state index contributed by atoms with van der Waals surface area (Å²) < 4.78 is 7.74. The molecule has 1 aromatic heterocycles. The third-order valence-electron chi connectivity index (χ3n) is 3.12. The Hall–Kier alpha value is -1.81. The molecular formula is C15H19NO3. The molecule has 0 fully saturated rings. The summed E-state index contributed by atoms with van der Waals surface area (Å²) in [6.45, 7) is 7.40. The van der Waals surface area contributed by atoms with E-state index >= 15 is 0 Å². The molecule has 4 nitrogen and oxygen atoms in total. The molecule has 0 bridgehead atoms. The van der Waals surface area contributed by atoms with Crippen molar-refractivity contribution in [3.63, 3.8) is 0 Å². The normalized spacial score (nSPS) is 11.4. The van der Waals surface area contributed by atoms with E-state index in [4.69, 9.17) is 9.84 Å². The van der Waals surface area contributed by atoms with Crippen molar-refractivity contribution >= 4 is 16.9 Å². The zero-order valence-electron chi connectivity index (χ0n) is 11.5. The van der Waals surface area contributed by atoms with Gasteiger partial charge in [-0.3, -0.25) is 0 Å². The van der Waals surface area contributed by atoms with Crippen molar-refractivity contribution in [1.82, 2.24) is 4.57 Å². The fraction of sp³-hybridized carbons (Fsp3) is 0.400. The number of rotatable bonds is 5. The van der Waals surface area contributed by atoms with E-state index in [1.807, 2.05) is 26.1 Å². The topological polar surface area (TPSA) is 51.5 Å². The lowest BCUT2D eigenvalue weighted by Gasteiger charge is -2.06. The SMILES string of the molecule is CCn1cc(COC(C)C)c2cc(C(=O)O)ccc21. The molecule has 1 aromatic carbocycles. The molecule has 0 atom stereocenters. The van der Waals surface area contributed by atoms with Crippen molar-refractivity contribution in [3.8, 4) is 0 Å². The summed E-state index contributed by atoms with van der Waals surface area (Å²) in [6.07, 6.45) is 2.20. The highest BCUT2D eigenvalue weighted by Crippen LogP contribution is 2.24. The molecule has 0 aliphatic carbocycles. The smallest absolute Gasteiger partial charge is 0.335 e. The van der Waals surface area contributed by atoms with E-state index in [0.717, 1.165) is 23.0 Å². The molecule has 0 spiro atoms. The maximum Gasteiger partial charge on any atom is 0.335 e. The summed E-state index contributed by atoms with van der Waals surface area (Å²) in [6, 6.07) is 5.23. The summed E-state index contributed by atoms with van der Waals surface area (Å²) in [7, 11) is 0. The van der Waals surface area contributed by atoms with Crippen LogP contribution in [0.25, 0.3) is 10.9 Å². The molecule has 0 aliphatic rings. The number of hydrogen-bond acceptors (Lipinski definition) is 2. The van der Waals surface area contributed by atoms with Gasteiger partial charge in [0.1, 0.15) is 0 Å². The fourth-order valence-electron chi connectivity index (χ4n) is 2.14. The number of ether oxygens (including phenoxy) is 1. The van der Waals surface area contributed by atoms with Crippen LogP contribution in [0.2, 0.25) is 0 Å². The first-order chi connectivity index (χ1) is 9.02. The number of carbonyl (C=O) groups is 1. The monoisotopic (exact) mass is 261 g/mol. The average molecular weight is 261 g/mol. The summed E-state index contributed by atoms with van der Waals surface area (Å²) in [5, 5.41) is 10.0. The Bertz CT molecular complexity index is 599. The second-order valence-electron chi connectivity index (χ2n) is 4.84. The minimum Gasteiger partial charge on any atom is -0.478 e. The number of fused-ring (bicyclic) bond motifs is 1. The van der Waals surface area contributed by atoms with Gasteiger partial charge >= 0.3 is 5.97 Å². The highest BCUT2D eigenvalue weighted by molar-refractivity contribution is 5.94.